The predicted molar refractivity (Wildman–Crippen MR) is 31.4 cm³/mol. The zero-order valence-electron chi connectivity index (χ0n) is 3.88. The molecule has 4 heteroatoms. The molecule has 0 aromatic carbocycles. The molecule has 1 aromatic heterocycles. The Labute approximate surface area is 59.1 Å². The van der Waals surface area contributed by atoms with Crippen molar-refractivity contribution in [1.29, 1.82) is 0 Å². The van der Waals surface area contributed by atoms with Gasteiger partial charge in [0.15, 0.2) is 0 Å². The van der Waals surface area contributed by atoms with Gasteiger partial charge in [-0.1, -0.05) is 0 Å². The molecule has 0 atom stereocenters. The van der Waals surface area contributed by atoms with E-state index in [0.717, 1.165) is 27.5 Å². The Morgan fingerprint density at radius 1 is 1.57 bits per heavy atom. The first-order valence-electron chi connectivity index (χ1n) is 1.84. The summed E-state index contributed by atoms with van der Waals surface area (Å²) in [4.78, 5) is 0. The number of hydrogen-bond acceptors (Lipinski definition) is 3. The van der Waals surface area contributed by atoms with Crippen molar-refractivity contribution in [2.24, 2.45) is 0 Å². The van der Waals surface area contributed by atoms with Crippen LogP contribution in [0.25, 0.3) is 0 Å². The van der Waals surface area contributed by atoms with Gasteiger partial charge in [0.1, 0.15) is 0 Å². The molecule has 0 fully saturated rings. The van der Waals surface area contributed by atoms with E-state index >= 15 is 0 Å². The molecule has 36 valence electrons. The van der Waals surface area contributed by atoms with Gasteiger partial charge < -0.3 is 0 Å². The van der Waals surface area contributed by atoms with Gasteiger partial charge in [-0.3, -0.25) is 0 Å². The predicted octanol–water partition coefficient (Wildman–Crippen LogP) is -0.627. The zero-order valence-corrected chi connectivity index (χ0v) is 7.99. The Balaban J connectivity index is 3.04. The number of nitrogens with zero attached hydrogens (tertiary/aromatic N) is 2. The number of hydrogen-bond donors (Lipinski definition) is 0. The molecule has 0 bridgehead atoms. The van der Waals surface area contributed by atoms with E-state index in [2.05, 4.69) is 10.2 Å². The second-order valence-electron chi connectivity index (χ2n) is 1.16. The van der Waals surface area contributed by atoms with Gasteiger partial charge in [0, 0.05) is 0 Å². The van der Waals surface area contributed by atoms with Crippen molar-refractivity contribution < 1.29 is 0 Å². The first-order valence-corrected chi connectivity index (χ1v) is 4.31. The molecule has 2 nitrogen and oxygen atoms in total. The summed E-state index contributed by atoms with van der Waals surface area (Å²) in [6, 6.07) is 0. The third kappa shape index (κ3) is 1.38. The quantitative estimate of drug-likeness (QED) is 0.543. The fourth-order valence-corrected chi connectivity index (χ4v) is 2.40. The van der Waals surface area contributed by atoms with Crippen molar-refractivity contribution in [3.8, 4) is 0 Å². The second kappa shape index (κ2) is 2.08. The van der Waals surface area contributed by atoms with Gasteiger partial charge >= 0.3 is 59.0 Å². The first-order chi connectivity index (χ1) is 3.29. The number of aryl methyl sites for hydroxylation is 1. The summed E-state index contributed by atoms with van der Waals surface area (Å²) in [7, 11) is 0. The summed E-state index contributed by atoms with van der Waals surface area (Å²) < 4.78 is 1.17. The molecule has 0 spiro atoms. The molecule has 0 saturated carbocycles. The van der Waals surface area contributed by atoms with Gasteiger partial charge in [0.05, 0.1) is 0 Å². The molecule has 0 aliphatic heterocycles. The monoisotopic (exact) mass is 220 g/mol. The van der Waals surface area contributed by atoms with Crippen molar-refractivity contribution in [1.82, 2.24) is 10.2 Å². The molecular formula is C3H4N2SSn. The third-order valence-electron chi connectivity index (χ3n) is 0.542. The first kappa shape index (κ1) is 5.49. The van der Waals surface area contributed by atoms with Gasteiger partial charge in [-0.2, -0.15) is 0 Å². The van der Waals surface area contributed by atoms with E-state index in [-0.39, 0.29) is 0 Å². The van der Waals surface area contributed by atoms with Crippen LogP contribution in [0.2, 0.25) is 0 Å². The second-order valence-corrected chi connectivity index (χ2v) is 5.13. The van der Waals surface area contributed by atoms with Crippen LogP contribution in [0.15, 0.2) is 0 Å². The molecule has 0 unspecified atom stereocenters. The van der Waals surface area contributed by atoms with Gasteiger partial charge in [-0.15, -0.1) is 0 Å². The average Bonchev–Trinajstić information content (AvgIpc) is 1.87. The summed E-state index contributed by atoms with van der Waals surface area (Å²) in [5.74, 6) is 0. The number of rotatable bonds is 0. The van der Waals surface area contributed by atoms with E-state index in [1.165, 1.54) is 3.02 Å². The van der Waals surface area contributed by atoms with Gasteiger partial charge in [0.2, 0.25) is 0 Å². The minimum absolute atomic E-state index is 1.07. The normalized spacial score (nSPS) is 9.43. The van der Waals surface area contributed by atoms with E-state index in [0.29, 0.717) is 0 Å². The van der Waals surface area contributed by atoms with Gasteiger partial charge in [-0.25, -0.2) is 0 Å². The molecule has 0 N–H and O–H groups in total. The zero-order chi connectivity index (χ0) is 5.28. The maximum absolute atomic E-state index is 3.84. The molecule has 0 amide bonds. The van der Waals surface area contributed by atoms with Crippen LogP contribution >= 0.6 is 11.3 Å². The van der Waals surface area contributed by atoms with Crippen LogP contribution in [0.4, 0.5) is 0 Å². The summed E-state index contributed by atoms with van der Waals surface area (Å²) in [5.41, 5.74) is 0. The molecule has 7 heavy (non-hydrogen) atoms. The fourth-order valence-electron chi connectivity index (χ4n) is 0.312. The molecular weight excluding hydrogens is 215 g/mol. The Morgan fingerprint density at radius 3 is 2.43 bits per heavy atom. The van der Waals surface area contributed by atoms with Crippen molar-refractivity contribution in [3.05, 3.63) is 5.01 Å². The molecule has 1 heterocycles. The van der Waals surface area contributed by atoms with Crippen LogP contribution in [-0.4, -0.2) is 32.7 Å². The van der Waals surface area contributed by atoms with Crippen LogP contribution in [0, 0.1) is 6.92 Å². The Morgan fingerprint density at radius 2 is 2.29 bits per heavy atom. The van der Waals surface area contributed by atoms with E-state index < -0.39 is 0 Å². The molecule has 0 aliphatic rings. The van der Waals surface area contributed by atoms with Crippen LogP contribution in [0.1, 0.15) is 5.01 Å². The van der Waals surface area contributed by atoms with E-state index in [1.54, 1.807) is 11.3 Å². The Bertz CT molecular complexity index is 145. The molecule has 1 rings (SSSR count). The summed E-state index contributed by atoms with van der Waals surface area (Å²) in [6.45, 7) is 1.97. The van der Waals surface area contributed by atoms with Crippen molar-refractivity contribution in [2.45, 2.75) is 6.92 Å². The van der Waals surface area contributed by atoms with Crippen LogP contribution in [-0.2, 0) is 0 Å². The average molecular weight is 219 g/mol. The van der Waals surface area contributed by atoms with Crippen LogP contribution < -0.4 is 3.02 Å². The van der Waals surface area contributed by atoms with Crippen molar-refractivity contribution in [3.63, 3.8) is 0 Å². The SMILES string of the molecule is Cc1nn[c]([SnH])s1. The van der Waals surface area contributed by atoms with E-state index in [9.17, 15) is 0 Å². The topological polar surface area (TPSA) is 25.8 Å². The third-order valence-corrected chi connectivity index (χ3v) is 2.55. The van der Waals surface area contributed by atoms with Crippen LogP contribution in [0.3, 0.4) is 0 Å². The van der Waals surface area contributed by atoms with Crippen LogP contribution in [0.5, 0.6) is 0 Å². The molecule has 2 radical (unpaired) electrons. The van der Waals surface area contributed by atoms with Gasteiger partial charge in [-0.05, 0) is 0 Å². The molecule has 1 aromatic rings. The van der Waals surface area contributed by atoms with Gasteiger partial charge in [0.25, 0.3) is 0 Å². The molecule has 0 aliphatic carbocycles. The Kier molecular flexibility index (Phi) is 1.64. The standard InChI is InChI=1S/C3H3N2S.Sn.H/c1-3-5-4-2-6-3;;/h1H3;;. The number of aromatic nitrogens is 2. The summed E-state index contributed by atoms with van der Waals surface area (Å²) >= 11 is 2.78. The summed E-state index contributed by atoms with van der Waals surface area (Å²) in [5, 5.41) is 8.73. The maximum atomic E-state index is 3.84. The van der Waals surface area contributed by atoms with Crippen molar-refractivity contribution >= 4 is 36.9 Å². The Hall–Kier alpha value is 0.359. The summed E-state index contributed by atoms with van der Waals surface area (Å²) in [6.07, 6.45) is 0. The van der Waals surface area contributed by atoms with Crippen molar-refractivity contribution in [2.75, 3.05) is 0 Å². The molecule has 0 saturated heterocycles. The fraction of sp³-hybridized carbons (Fsp3) is 0.333. The van der Waals surface area contributed by atoms with E-state index in [1.807, 2.05) is 6.92 Å². The van der Waals surface area contributed by atoms with E-state index in [4.69, 9.17) is 0 Å². The minimum atomic E-state index is 1.07.